The van der Waals surface area contributed by atoms with Crippen LogP contribution in [0.5, 0.6) is 0 Å². The molecule has 6 atom stereocenters. The molecule has 0 aromatic heterocycles. The van der Waals surface area contributed by atoms with Crippen molar-refractivity contribution in [1.82, 2.24) is 0 Å². The van der Waals surface area contributed by atoms with Crippen molar-refractivity contribution in [2.75, 3.05) is 34.2 Å². The van der Waals surface area contributed by atoms with Gasteiger partial charge in [0.1, 0.15) is 18.2 Å². The fraction of sp³-hybridized carbons (Fsp3) is 0.632. The van der Waals surface area contributed by atoms with Crippen LogP contribution in [0.3, 0.4) is 0 Å². The highest BCUT2D eigenvalue weighted by Crippen LogP contribution is 2.53. The highest BCUT2D eigenvalue weighted by Gasteiger charge is 2.61. The molecular weight excluding hydrogens is 580 g/mol. The van der Waals surface area contributed by atoms with E-state index in [9.17, 15) is 9.59 Å². The number of Topliss-reactive ketones (excluding diaryl/α,β-unsaturated/α-hetero) is 2. The molecule has 2 aromatic carbocycles. The number of benzene rings is 2. The number of rotatable bonds is 14. The Hall–Kier alpha value is -2.16. The molecule has 7 heteroatoms. The zero-order valence-corrected chi connectivity index (χ0v) is 30.1. The molecule has 2 aromatic rings. The minimum atomic E-state index is -2.77. The summed E-state index contributed by atoms with van der Waals surface area (Å²) in [6.45, 7) is 15.9. The fourth-order valence-corrected chi connectivity index (χ4v) is 13.1. The molecule has 6 nitrogen and oxygen atoms in total. The highest BCUT2D eigenvalue weighted by molar-refractivity contribution is 6.99. The van der Waals surface area contributed by atoms with Gasteiger partial charge >= 0.3 is 0 Å². The molecule has 4 rings (SSSR count). The fourth-order valence-electron chi connectivity index (χ4n) is 8.43. The van der Waals surface area contributed by atoms with Gasteiger partial charge in [0.25, 0.3) is 8.32 Å². The maximum absolute atomic E-state index is 14.9. The topological polar surface area (TPSA) is 71.1 Å². The molecule has 0 N–H and O–H groups in total. The zero-order valence-electron chi connectivity index (χ0n) is 29.1. The van der Waals surface area contributed by atoms with Crippen LogP contribution in [0.1, 0.15) is 74.1 Å². The number of methoxy groups -OCH3 is 2. The monoisotopic (exact) mass is 636 g/mol. The Morgan fingerprint density at radius 3 is 1.96 bits per heavy atom. The van der Waals surface area contributed by atoms with E-state index in [2.05, 4.69) is 102 Å². The van der Waals surface area contributed by atoms with Crippen LogP contribution in [0.25, 0.3) is 0 Å². The van der Waals surface area contributed by atoms with Crippen molar-refractivity contribution in [3.8, 4) is 0 Å². The van der Waals surface area contributed by atoms with Gasteiger partial charge in [0.15, 0.2) is 5.78 Å². The van der Waals surface area contributed by atoms with Crippen LogP contribution in [-0.2, 0) is 28.2 Å². The largest absolute Gasteiger partial charge is 0.407 e. The number of carbonyl (C=O) groups excluding carboxylic acids is 2. The minimum absolute atomic E-state index is 0.00333. The molecule has 2 aliphatic carbocycles. The average molecular weight is 637 g/mol. The number of ketones is 2. The summed E-state index contributed by atoms with van der Waals surface area (Å²) in [6, 6.07) is 21.3. The van der Waals surface area contributed by atoms with E-state index in [0.29, 0.717) is 19.4 Å². The third kappa shape index (κ3) is 6.66. The van der Waals surface area contributed by atoms with E-state index < -0.39 is 25.3 Å². The summed E-state index contributed by atoms with van der Waals surface area (Å²) >= 11 is 0. The average Bonchev–Trinajstić information content (AvgIpc) is 3.54. The van der Waals surface area contributed by atoms with Gasteiger partial charge in [-0.2, -0.15) is 0 Å². The van der Waals surface area contributed by atoms with Gasteiger partial charge in [0.2, 0.25) is 0 Å². The lowest BCUT2D eigenvalue weighted by atomic mass is 9.67. The molecule has 0 amide bonds. The lowest BCUT2D eigenvalue weighted by Crippen LogP contribution is -2.67. The molecular formula is C38H56O6Si. The van der Waals surface area contributed by atoms with Gasteiger partial charge in [-0.25, -0.2) is 0 Å². The Balaban J connectivity index is 1.74. The lowest BCUT2D eigenvalue weighted by molar-refractivity contribution is -0.184. The van der Waals surface area contributed by atoms with E-state index in [1.807, 2.05) is 6.92 Å². The van der Waals surface area contributed by atoms with Crippen molar-refractivity contribution in [1.29, 1.82) is 0 Å². The molecule has 0 bridgehead atoms. The van der Waals surface area contributed by atoms with Crippen molar-refractivity contribution in [2.45, 2.75) is 84.8 Å². The molecule has 45 heavy (non-hydrogen) atoms. The molecule has 0 aliphatic heterocycles. The second kappa shape index (κ2) is 14.3. The van der Waals surface area contributed by atoms with Crippen LogP contribution >= 0.6 is 0 Å². The number of hydrogen-bond donors (Lipinski definition) is 0. The third-order valence-corrected chi connectivity index (χ3v) is 15.9. The van der Waals surface area contributed by atoms with Gasteiger partial charge in [-0.1, -0.05) is 102 Å². The van der Waals surface area contributed by atoms with E-state index in [-0.39, 0.29) is 53.7 Å². The van der Waals surface area contributed by atoms with Gasteiger partial charge in [-0.05, 0) is 65.8 Å². The molecule has 0 saturated heterocycles. The molecule has 0 radical (unpaired) electrons. The van der Waals surface area contributed by atoms with Gasteiger partial charge in [-0.3, -0.25) is 9.59 Å². The van der Waals surface area contributed by atoms with Crippen molar-refractivity contribution in [2.24, 2.45) is 35.0 Å². The van der Waals surface area contributed by atoms with Crippen LogP contribution in [0.2, 0.25) is 5.04 Å². The summed E-state index contributed by atoms with van der Waals surface area (Å²) in [4.78, 5) is 28.8. The van der Waals surface area contributed by atoms with Crippen molar-refractivity contribution in [3.63, 3.8) is 0 Å². The molecule has 2 fully saturated rings. The first-order valence-corrected chi connectivity index (χ1v) is 18.7. The molecule has 0 heterocycles. The first kappa shape index (κ1) is 35.7. The van der Waals surface area contributed by atoms with Gasteiger partial charge in [0.05, 0.1) is 17.9 Å². The maximum Gasteiger partial charge on any atom is 0.261 e. The van der Waals surface area contributed by atoms with Gasteiger partial charge in [-0.15, -0.1) is 0 Å². The Kier molecular flexibility index (Phi) is 11.3. The van der Waals surface area contributed by atoms with Crippen LogP contribution < -0.4 is 10.4 Å². The molecule has 0 unspecified atom stereocenters. The van der Waals surface area contributed by atoms with E-state index in [4.69, 9.17) is 18.6 Å². The van der Waals surface area contributed by atoms with Crippen molar-refractivity contribution < 1.29 is 28.2 Å². The molecule has 2 saturated carbocycles. The number of ether oxygens (including phenoxy) is 3. The van der Waals surface area contributed by atoms with E-state index >= 15 is 0 Å². The first-order chi connectivity index (χ1) is 21.3. The Labute approximate surface area is 272 Å². The van der Waals surface area contributed by atoms with Gasteiger partial charge < -0.3 is 18.6 Å². The Morgan fingerprint density at radius 1 is 0.911 bits per heavy atom. The number of carbonyl (C=O) groups is 2. The standard InChI is InChI=1S/C38H56O6Si/c1-27(2)31-20-22-37(7,34(31)39)35(40)33-32(21-23-38(33,25-41-8)43-26-42-9)28(3)24-44-45(36(4,5)6,29-16-12-10-13-17-29)30-18-14-11-15-19-30/h10-19,27-28,31-33H,20-26H2,1-9H3/t28-,31+,32-,33+,37+,38-/m0/s1. The normalized spacial score (nSPS) is 28.1. The first-order valence-electron chi connectivity index (χ1n) is 16.7. The van der Waals surface area contributed by atoms with Crippen LogP contribution in [-0.4, -0.2) is 59.7 Å². The smallest absolute Gasteiger partial charge is 0.261 e. The van der Waals surface area contributed by atoms with E-state index in [1.165, 1.54) is 10.4 Å². The van der Waals surface area contributed by atoms with Crippen LogP contribution in [0, 0.1) is 35.0 Å². The SMILES string of the molecule is COCO[C@]1(COC)CC[C@@H]([C@@H](C)CO[Si](c2ccccc2)(c2ccccc2)C(C)(C)C)[C@@H]1C(=O)[C@]1(C)CC[C@H](C(C)C)C1=O. The predicted molar refractivity (Wildman–Crippen MR) is 182 cm³/mol. The molecule has 2 aliphatic rings. The summed E-state index contributed by atoms with van der Waals surface area (Å²) in [5.74, 6) is -0.307. The lowest BCUT2D eigenvalue weighted by Gasteiger charge is -2.44. The maximum atomic E-state index is 14.9. The summed E-state index contributed by atoms with van der Waals surface area (Å²) in [6.07, 6.45) is 2.77. The Morgan fingerprint density at radius 2 is 1.49 bits per heavy atom. The second-order valence-electron chi connectivity index (χ2n) is 15.1. The quantitative estimate of drug-likeness (QED) is 0.135. The Bertz CT molecular complexity index is 1230. The predicted octanol–water partition coefficient (Wildman–Crippen LogP) is 6.44. The second-order valence-corrected chi connectivity index (χ2v) is 19.4. The summed E-state index contributed by atoms with van der Waals surface area (Å²) in [7, 11) is 0.476. The summed E-state index contributed by atoms with van der Waals surface area (Å²) in [5, 5.41) is 2.31. The zero-order chi connectivity index (χ0) is 33.0. The van der Waals surface area contributed by atoms with Crippen molar-refractivity contribution in [3.05, 3.63) is 60.7 Å². The van der Waals surface area contributed by atoms with Gasteiger partial charge in [0, 0.05) is 26.7 Å². The highest BCUT2D eigenvalue weighted by atomic mass is 28.4. The number of hydrogen-bond acceptors (Lipinski definition) is 6. The molecule has 0 spiro atoms. The van der Waals surface area contributed by atoms with E-state index in [1.54, 1.807) is 14.2 Å². The van der Waals surface area contributed by atoms with E-state index in [0.717, 1.165) is 12.8 Å². The molecule has 248 valence electrons. The van der Waals surface area contributed by atoms with Crippen molar-refractivity contribution >= 4 is 30.3 Å². The minimum Gasteiger partial charge on any atom is -0.407 e. The van der Waals surface area contributed by atoms with Crippen LogP contribution in [0.15, 0.2) is 60.7 Å². The summed E-state index contributed by atoms with van der Waals surface area (Å²) in [5.41, 5.74) is -1.90. The van der Waals surface area contributed by atoms with Crippen LogP contribution in [0.4, 0.5) is 0 Å². The third-order valence-electron chi connectivity index (χ3n) is 10.9. The summed E-state index contributed by atoms with van der Waals surface area (Å²) < 4.78 is 24.9.